The van der Waals surface area contributed by atoms with Crippen LogP contribution in [0.3, 0.4) is 0 Å². The molecule has 0 saturated heterocycles. The quantitative estimate of drug-likeness (QED) is 0.778. The van der Waals surface area contributed by atoms with Crippen LogP contribution in [0, 0.1) is 5.92 Å². The Morgan fingerprint density at radius 1 is 1.24 bits per heavy atom. The molecule has 6 heteroatoms. The fourth-order valence-electron chi connectivity index (χ4n) is 1.58. The standard InChI is InChI=1S/C15H24N4O2/c1-11(2)10-18-14(20)12-5-6-16-13(9-12)15(21)17-7-8-19(3)4/h5-6,9,11H,7-8,10H2,1-4H3,(H,17,21)(H,18,20). The van der Waals surface area contributed by atoms with Gasteiger partial charge in [-0.3, -0.25) is 14.6 Å². The summed E-state index contributed by atoms with van der Waals surface area (Å²) in [5.74, 6) is -0.0756. The monoisotopic (exact) mass is 292 g/mol. The van der Waals surface area contributed by atoms with E-state index in [4.69, 9.17) is 0 Å². The van der Waals surface area contributed by atoms with Crippen LogP contribution < -0.4 is 10.6 Å². The molecule has 1 aromatic rings. The Morgan fingerprint density at radius 3 is 2.57 bits per heavy atom. The number of aromatic nitrogens is 1. The molecular weight excluding hydrogens is 268 g/mol. The summed E-state index contributed by atoms with van der Waals surface area (Å²) in [5, 5.41) is 5.59. The maximum Gasteiger partial charge on any atom is 0.269 e. The molecule has 0 spiro atoms. The van der Waals surface area contributed by atoms with Crippen LogP contribution in [0.5, 0.6) is 0 Å². The first-order valence-electron chi connectivity index (χ1n) is 7.07. The lowest BCUT2D eigenvalue weighted by molar-refractivity contribution is 0.0946. The van der Waals surface area contributed by atoms with E-state index in [-0.39, 0.29) is 17.5 Å². The zero-order chi connectivity index (χ0) is 15.8. The molecule has 0 unspecified atom stereocenters. The number of nitrogens with one attached hydrogen (secondary N) is 2. The van der Waals surface area contributed by atoms with E-state index in [1.807, 2.05) is 32.8 Å². The first-order chi connectivity index (χ1) is 9.90. The van der Waals surface area contributed by atoms with Crippen LogP contribution in [-0.2, 0) is 0 Å². The molecule has 0 aliphatic heterocycles. The van der Waals surface area contributed by atoms with Crippen LogP contribution in [0.15, 0.2) is 18.3 Å². The number of nitrogens with zero attached hydrogens (tertiary/aromatic N) is 2. The van der Waals surface area contributed by atoms with Gasteiger partial charge in [0.05, 0.1) is 0 Å². The van der Waals surface area contributed by atoms with Gasteiger partial charge in [-0.05, 0) is 32.1 Å². The van der Waals surface area contributed by atoms with Gasteiger partial charge in [-0.15, -0.1) is 0 Å². The van der Waals surface area contributed by atoms with E-state index >= 15 is 0 Å². The van der Waals surface area contributed by atoms with Crippen LogP contribution in [0.4, 0.5) is 0 Å². The molecule has 1 aromatic heterocycles. The summed E-state index contributed by atoms with van der Waals surface area (Å²) in [6.45, 7) is 5.94. The van der Waals surface area contributed by atoms with E-state index in [1.165, 1.54) is 12.3 Å². The number of likely N-dealkylation sites (N-methyl/N-ethyl adjacent to an activating group) is 1. The van der Waals surface area contributed by atoms with E-state index in [0.29, 0.717) is 24.6 Å². The first kappa shape index (κ1) is 17.1. The molecule has 0 fully saturated rings. The molecule has 0 aliphatic rings. The van der Waals surface area contributed by atoms with Crippen molar-refractivity contribution < 1.29 is 9.59 Å². The Labute approximate surface area is 125 Å². The third kappa shape index (κ3) is 6.35. The van der Waals surface area contributed by atoms with Gasteiger partial charge in [-0.2, -0.15) is 0 Å². The smallest absolute Gasteiger partial charge is 0.269 e. The minimum atomic E-state index is -0.268. The molecule has 0 aliphatic carbocycles. The second kappa shape index (κ2) is 8.36. The van der Waals surface area contributed by atoms with Crippen molar-refractivity contribution in [3.05, 3.63) is 29.6 Å². The van der Waals surface area contributed by atoms with Gasteiger partial charge in [0, 0.05) is 31.4 Å². The van der Waals surface area contributed by atoms with Gasteiger partial charge in [0.25, 0.3) is 11.8 Å². The maximum absolute atomic E-state index is 12.0. The van der Waals surface area contributed by atoms with E-state index in [2.05, 4.69) is 15.6 Å². The van der Waals surface area contributed by atoms with E-state index < -0.39 is 0 Å². The molecule has 1 rings (SSSR count). The van der Waals surface area contributed by atoms with Gasteiger partial charge in [-0.25, -0.2) is 0 Å². The lowest BCUT2D eigenvalue weighted by atomic mass is 10.2. The number of hydrogen-bond acceptors (Lipinski definition) is 4. The van der Waals surface area contributed by atoms with E-state index in [0.717, 1.165) is 6.54 Å². The van der Waals surface area contributed by atoms with Crippen molar-refractivity contribution in [3.8, 4) is 0 Å². The predicted octanol–water partition coefficient (Wildman–Crippen LogP) is 0.759. The molecule has 0 radical (unpaired) electrons. The van der Waals surface area contributed by atoms with Crippen molar-refractivity contribution in [1.82, 2.24) is 20.5 Å². The van der Waals surface area contributed by atoms with Gasteiger partial charge < -0.3 is 15.5 Å². The van der Waals surface area contributed by atoms with Gasteiger partial charge in [-0.1, -0.05) is 13.8 Å². The highest BCUT2D eigenvalue weighted by molar-refractivity contribution is 5.98. The molecule has 21 heavy (non-hydrogen) atoms. The van der Waals surface area contributed by atoms with Gasteiger partial charge >= 0.3 is 0 Å². The summed E-state index contributed by atoms with van der Waals surface area (Å²) in [6.07, 6.45) is 1.48. The second-order valence-corrected chi connectivity index (χ2v) is 5.59. The average Bonchev–Trinajstić information content (AvgIpc) is 2.44. The highest BCUT2D eigenvalue weighted by Gasteiger charge is 2.11. The molecule has 6 nitrogen and oxygen atoms in total. The molecule has 2 N–H and O–H groups in total. The van der Waals surface area contributed by atoms with Gasteiger partial charge in [0.1, 0.15) is 5.69 Å². The van der Waals surface area contributed by atoms with Crippen LogP contribution in [0.25, 0.3) is 0 Å². The predicted molar refractivity (Wildman–Crippen MR) is 82.3 cm³/mol. The van der Waals surface area contributed by atoms with Crippen molar-refractivity contribution >= 4 is 11.8 Å². The van der Waals surface area contributed by atoms with Crippen molar-refractivity contribution in [2.75, 3.05) is 33.7 Å². The first-order valence-corrected chi connectivity index (χ1v) is 7.07. The van der Waals surface area contributed by atoms with E-state index in [1.54, 1.807) is 6.07 Å². The lowest BCUT2D eigenvalue weighted by Crippen LogP contribution is -2.32. The molecule has 0 atom stereocenters. The Hall–Kier alpha value is -1.95. The topological polar surface area (TPSA) is 74.3 Å². The van der Waals surface area contributed by atoms with Crippen LogP contribution in [0.2, 0.25) is 0 Å². The van der Waals surface area contributed by atoms with Crippen molar-refractivity contribution in [1.29, 1.82) is 0 Å². The highest BCUT2D eigenvalue weighted by atomic mass is 16.2. The minimum Gasteiger partial charge on any atom is -0.352 e. The van der Waals surface area contributed by atoms with Gasteiger partial charge in [0.2, 0.25) is 0 Å². The summed E-state index contributed by atoms with van der Waals surface area (Å²) in [7, 11) is 3.87. The van der Waals surface area contributed by atoms with Crippen LogP contribution in [0.1, 0.15) is 34.7 Å². The lowest BCUT2D eigenvalue weighted by Gasteiger charge is -2.11. The van der Waals surface area contributed by atoms with Crippen molar-refractivity contribution in [2.45, 2.75) is 13.8 Å². The number of amides is 2. The summed E-state index contributed by atoms with van der Waals surface area (Å²) in [5.41, 5.74) is 0.703. The molecule has 0 aromatic carbocycles. The number of carbonyl (C=O) groups is 2. The SMILES string of the molecule is CC(C)CNC(=O)c1ccnc(C(=O)NCCN(C)C)c1. The fraction of sp³-hybridized carbons (Fsp3) is 0.533. The molecule has 116 valence electrons. The molecule has 0 saturated carbocycles. The Morgan fingerprint density at radius 2 is 1.95 bits per heavy atom. The Kier molecular flexibility index (Phi) is 6.81. The van der Waals surface area contributed by atoms with Crippen LogP contribution >= 0.6 is 0 Å². The Bertz CT molecular complexity index is 486. The molecule has 0 bridgehead atoms. The zero-order valence-corrected chi connectivity index (χ0v) is 13.1. The summed E-state index contributed by atoms with van der Waals surface area (Å²) in [4.78, 5) is 29.9. The normalized spacial score (nSPS) is 10.8. The third-order valence-corrected chi connectivity index (χ3v) is 2.77. The average molecular weight is 292 g/mol. The zero-order valence-electron chi connectivity index (χ0n) is 13.1. The molecule has 2 amide bonds. The van der Waals surface area contributed by atoms with Crippen molar-refractivity contribution in [3.63, 3.8) is 0 Å². The number of carbonyl (C=O) groups excluding carboxylic acids is 2. The van der Waals surface area contributed by atoms with Crippen LogP contribution in [-0.4, -0.2) is 55.4 Å². The summed E-state index contributed by atoms with van der Waals surface area (Å²) in [6, 6.07) is 3.12. The van der Waals surface area contributed by atoms with Gasteiger partial charge in [0.15, 0.2) is 0 Å². The van der Waals surface area contributed by atoms with E-state index in [9.17, 15) is 9.59 Å². The highest BCUT2D eigenvalue weighted by Crippen LogP contribution is 2.02. The number of rotatable bonds is 7. The molecular formula is C15H24N4O2. The Balaban J connectivity index is 2.62. The largest absolute Gasteiger partial charge is 0.352 e. The minimum absolute atomic E-state index is 0.187. The maximum atomic E-state index is 12.0. The number of hydrogen-bond donors (Lipinski definition) is 2. The fourth-order valence-corrected chi connectivity index (χ4v) is 1.58. The van der Waals surface area contributed by atoms with Crippen molar-refractivity contribution in [2.24, 2.45) is 5.92 Å². The molecule has 1 heterocycles. The summed E-state index contributed by atoms with van der Waals surface area (Å²) >= 11 is 0. The second-order valence-electron chi connectivity index (χ2n) is 5.59. The summed E-state index contributed by atoms with van der Waals surface area (Å²) < 4.78 is 0. The number of pyridine rings is 1. The third-order valence-electron chi connectivity index (χ3n) is 2.77.